The topological polar surface area (TPSA) is 24.5 Å². The van der Waals surface area contributed by atoms with Gasteiger partial charge in [0.05, 0.1) is 5.02 Å². The predicted molar refractivity (Wildman–Crippen MR) is 128 cm³/mol. The van der Waals surface area contributed by atoms with Crippen molar-refractivity contribution < 1.29 is 4.74 Å². The molecule has 1 fully saturated rings. The molecule has 0 aromatic heterocycles. The third kappa shape index (κ3) is 7.50. The quantitative estimate of drug-likeness (QED) is 0.480. The Balaban J connectivity index is 0.00000210. The molecule has 162 valence electrons. The summed E-state index contributed by atoms with van der Waals surface area (Å²) in [6.07, 6.45) is 2.54. The van der Waals surface area contributed by atoms with Crippen LogP contribution in [0.1, 0.15) is 36.5 Å². The third-order valence-corrected chi connectivity index (χ3v) is 5.69. The van der Waals surface area contributed by atoms with Crippen molar-refractivity contribution >= 4 is 48.0 Å². The average molecular weight is 480 g/mol. The zero-order valence-electron chi connectivity index (χ0n) is 16.9. The Hall–Kier alpha value is -0.680. The highest BCUT2D eigenvalue weighted by molar-refractivity contribution is 6.35. The van der Waals surface area contributed by atoms with Crippen LogP contribution in [0.4, 0.5) is 0 Å². The maximum absolute atomic E-state index is 6.43. The minimum Gasteiger partial charge on any atom is -0.487 e. The van der Waals surface area contributed by atoms with Crippen LogP contribution in [-0.2, 0) is 13.2 Å². The molecule has 29 heavy (non-hydrogen) atoms. The molecule has 0 aliphatic carbocycles. The molecule has 1 atom stereocenters. The fourth-order valence-electron chi connectivity index (χ4n) is 3.66. The highest BCUT2D eigenvalue weighted by Gasteiger charge is 2.22. The molecule has 3 nitrogen and oxygen atoms in total. The Bertz CT molecular complexity index is 755. The smallest absolute Gasteiger partial charge is 0.142 e. The Morgan fingerprint density at radius 1 is 1.14 bits per heavy atom. The first-order valence-electron chi connectivity index (χ1n) is 9.68. The van der Waals surface area contributed by atoms with Crippen molar-refractivity contribution in [3.05, 3.63) is 63.1 Å². The molecule has 0 amide bonds. The lowest BCUT2D eigenvalue weighted by Crippen LogP contribution is -2.37. The molecule has 7 heteroatoms. The second-order valence-corrected chi connectivity index (χ2v) is 8.05. The molecular formula is C22H30Cl4N2O. The van der Waals surface area contributed by atoms with Gasteiger partial charge in [-0.05, 0) is 50.6 Å². The summed E-state index contributed by atoms with van der Waals surface area (Å²) < 4.78 is 6.07. The van der Waals surface area contributed by atoms with Crippen LogP contribution in [0, 0.1) is 6.92 Å². The fourth-order valence-corrected chi connectivity index (χ4v) is 4.25. The highest BCUT2D eigenvalue weighted by Crippen LogP contribution is 2.33. The molecule has 1 unspecified atom stereocenters. The number of aryl methyl sites for hydroxylation is 1. The molecule has 1 heterocycles. The Kier molecular flexibility index (Phi) is 11.7. The zero-order valence-corrected chi connectivity index (χ0v) is 20.1. The van der Waals surface area contributed by atoms with Gasteiger partial charge in [0.2, 0.25) is 0 Å². The van der Waals surface area contributed by atoms with Crippen LogP contribution in [0.2, 0.25) is 10.0 Å². The summed E-state index contributed by atoms with van der Waals surface area (Å²) in [5.74, 6) is 0.716. The van der Waals surface area contributed by atoms with Gasteiger partial charge in [-0.3, -0.25) is 4.90 Å². The Morgan fingerprint density at radius 3 is 2.55 bits per heavy atom. The number of hydrogen-bond acceptors (Lipinski definition) is 3. The lowest BCUT2D eigenvalue weighted by atomic mass is 10.1. The molecule has 1 aliphatic heterocycles. The van der Waals surface area contributed by atoms with Crippen LogP contribution in [0.25, 0.3) is 0 Å². The number of likely N-dealkylation sites (tertiary alicyclic amines) is 1. The fraction of sp³-hybridized carbons (Fsp3) is 0.455. The van der Waals surface area contributed by atoms with E-state index in [4.69, 9.17) is 27.9 Å². The van der Waals surface area contributed by atoms with Crippen molar-refractivity contribution in [1.29, 1.82) is 0 Å². The number of likely N-dealkylation sites (N-methyl/N-ethyl adjacent to an activating group) is 1. The van der Waals surface area contributed by atoms with Crippen molar-refractivity contribution in [1.82, 2.24) is 10.2 Å². The highest BCUT2D eigenvalue weighted by atomic mass is 35.5. The number of nitrogens with one attached hydrogen (secondary N) is 1. The largest absolute Gasteiger partial charge is 0.487 e. The molecule has 2 aromatic rings. The monoisotopic (exact) mass is 478 g/mol. The van der Waals surface area contributed by atoms with Crippen LogP contribution in [0.3, 0.4) is 0 Å². The van der Waals surface area contributed by atoms with E-state index in [2.05, 4.69) is 48.3 Å². The van der Waals surface area contributed by atoms with Gasteiger partial charge >= 0.3 is 0 Å². The SMILES string of the molecule is CCN1CCCC1CNCc1cc(Cl)cc(Cl)c1OCc1ccc(C)cc1.Cl.Cl. The van der Waals surface area contributed by atoms with Gasteiger partial charge in [0.1, 0.15) is 12.4 Å². The van der Waals surface area contributed by atoms with Gasteiger partial charge in [-0.1, -0.05) is 60.0 Å². The van der Waals surface area contributed by atoms with Crippen molar-refractivity contribution in [3.8, 4) is 5.75 Å². The average Bonchev–Trinajstić information content (AvgIpc) is 3.10. The van der Waals surface area contributed by atoms with Gasteiger partial charge in [-0.2, -0.15) is 0 Å². The Morgan fingerprint density at radius 2 is 1.86 bits per heavy atom. The van der Waals surface area contributed by atoms with Gasteiger partial charge in [-0.15, -0.1) is 24.8 Å². The lowest BCUT2D eigenvalue weighted by molar-refractivity contribution is 0.259. The van der Waals surface area contributed by atoms with Gasteiger partial charge in [0, 0.05) is 29.7 Å². The zero-order chi connectivity index (χ0) is 19.2. The molecule has 0 radical (unpaired) electrons. The second-order valence-electron chi connectivity index (χ2n) is 7.21. The summed E-state index contributed by atoms with van der Waals surface area (Å²) in [6.45, 7) is 8.77. The molecule has 2 aromatic carbocycles. The van der Waals surface area contributed by atoms with E-state index < -0.39 is 0 Å². The number of benzene rings is 2. The molecule has 1 N–H and O–H groups in total. The molecule has 3 rings (SSSR count). The number of ether oxygens (including phenoxy) is 1. The van der Waals surface area contributed by atoms with Crippen LogP contribution in [0.5, 0.6) is 5.75 Å². The van der Waals surface area contributed by atoms with Gasteiger partial charge in [0.25, 0.3) is 0 Å². The Labute approximate surface area is 196 Å². The summed E-state index contributed by atoms with van der Waals surface area (Å²) in [7, 11) is 0. The minimum absolute atomic E-state index is 0. The van der Waals surface area contributed by atoms with Gasteiger partial charge in [-0.25, -0.2) is 0 Å². The van der Waals surface area contributed by atoms with E-state index in [9.17, 15) is 0 Å². The van der Waals surface area contributed by atoms with E-state index in [-0.39, 0.29) is 24.8 Å². The van der Waals surface area contributed by atoms with Crippen LogP contribution < -0.4 is 10.1 Å². The van der Waals surface area contributed by atoms with Crippen molar-refractivity contribution in [2.45, 2.75) is 45.9 Å². The number of rotatable bonds is 8. The molecule has 0 spiro atoms. The standard InChI is InChI=1S/C22H28Cl2N2O.2ClH/c1-3-26-10-4-5-20(26)14-25-13-18-11-19(23)12-21(24)22(18)27-15-17-8-6-16(2)7-9-17;;/h6-9,11-12,20,25H,3-5,10,13-15H2,1-2H3;2*1H. The maximum Gasteiger partial charge on any atom is 0.142 e. The number of hydrogen-bond donors (Lipinski definition) is 1. The van der Waals surface area contributed by atoms with Crippen LogP contribution in [0.15, 0.2) is 36.4 Å². The normalized spacial score (nSPS) is 16.2. The van der Waals surface area contributed by atoms with Crippen molar-refractivity contribution in [2.75, 3.05) is 19.6 Å². The molecule has 0 saturated carbocycles. The van der Waals surface area contributed by atoms with E-state index in [0.29, 0.717) is 35.0 Å². The van der Waals surface area contributed by atoms with Crippen LogP contribution >= 0.6 is 48.0 Å². The van der Waals surface area contributed by atoms with Crippen LogP contribution in [-0.4, -0.2) is 30.6 Å². The van der Waals surface area contributed by atoms with E-state index >= 15 is 0 Å². The third-order valence-electron chi connectivity index (χ3n) is 5.19. The minimum atomic E-state index is 0. The predicted octanol–water partition coefficient (Wildman–Crippen LogP) is 6.30. The summed E-state index contributed by atoms with van der Waals surface area (Å²) >= 11 is 12.7. The first-order valence-corrected chi connectivity index (χ1v) is 10.4. The summed E-state index contributed by atoms with van der Waals surface area (Å²) in [6, 6.07) is 12.6. The van der Waals surface area contributed by atoms with Gasteiger partial charge in [0.15, 0.2) is 0 Å². The second kappa shape index (κ2) is 12.9. The number of nitrogens with zero attached hydrogens (tertiary/aromatic N) is 1. The molecule has 1 aliphatic rings. The first kappa shape index (κ1) is 26.4. The molecular weight excluding hydrogens is 450 g/mol. The van der Waals surface area contributed by atoms with E-state index in [1.807, 2.05) is 6.07 Å². The van der Waals surface area contributed by atoms with E-state index in [0.717, 1.165) is 24.2 Å². The lowest BCUT2D eigenvalue weighted by Gasteiger charge is -2.23. The van der Waals surface area contributed by atoms with E-state index in [1.54, 1.807) is 6.07 Å². The summed E-state index contributed by atoms with van der Waals surface area (Å²) in [4.78, 5) is 2.53. The number of halogens is 4. The van der Waals surface area contributed by atoms with Gasteiger partial charge < -0.3 is 10.1 Å². The maximum atomic E-state index is 6.43. The molecule has 1 saturated heterocycles. The molecule has 0 bridgehead atoms. The first-order chi connectivity index (χ1) is 13.1. The van der Waals surface area contributed by atoms with Crippen molar-refractivity contribution in [3.63, 3.8) is 0 Å². The summed E-state index contributed by atoms with van der Waals surface area (Å²) in [5, 5.41) is 4.76. The summed E-state index contributed by atoms with van der Waals surface area (Å²) in [5.41, 5.74) is 3.36. The van der Waals surface area contributed by atoms with E-state index in [1.165, 1.54) is 24.9 Å². The van der Waals surface area contributed by atoms with Crippen molar-refractivity contribution in [2.24, 2.45) is 0 Å².